The number of hydrogen-bond donors (Lipinski definition) is 2. The highest BCUT2D eigenvalue weighted by atomic mass is 17.0. The lowest BCUT2D eigenvalue weighted by molar-refractivity contribution is -0.769. The molecule has 10 nitrogen and oxygen atoms in total. The second-order valence-electron chi connectivity index (χ2n) is 4.04. The summed E-state index contributed by atoms with van der Waals surface area (Å²) in [6.45, 7) is 0. The first-order chi connectivity index (χ1) is 8.65. The van der Waals surface area contributed by atoms with Crippen molar-refractivity contribution < 1.29 is 14.7 Å². The van der Waals surface area contributed by atoms with E-state index in [2.05, 4.69) is 30.8 Å². The molecule has 2 N–H and O–H groups in total. The van der Waals surface area contributed by atoms with Crippen molar-refractivity contribution in [3.05, 3.63) is 10.1 Å². The zero-order chi connectivity index (χ0) is 13.0. The minimum atomic E-state index is -0.786. The summed E-state index contributed by atoms with van der Waals surface area (Å²) < 4.78 is 0. The Balaban J connectivity index is 1.79. The smallest absolute Gasteiger partial charge is 0.294 e. The lowest BCUT2D eigenvalue weighted by Crippen LogP contribution is -2.31. The van der Waals surface area contributed by atoms with Crippen LogP contribution in [0.25, 0.3) is 0 Å². The number of nitrogens with zero attached hydrogens (tertiary/aromatic N) is 4. The lowest BCUT2D eigenvalue weighted by Gasteiger charge is -2.25. The molecule has 1 saturated carbocycles. The van der Waals surface area contributed by atoms with Gasteiger partial charge < -0.3 is 4.84 Å². The highest BCUT2D eigenvalue weighted by molar-refractivity contribution is 5.90. The Labute approximate surface area is 101 Å². The molecule has 1 amide bonds. The van der Waals surface area contributed by atoms with Crippen LogP contribution in [-0.2, 0) is 9.63 Å². The van der Waals surface area contributed by atoms with Gasteiger partial charge in [-0.3, -0.25) is 10.1 Å². The van der Waals surface area contributed by atoms with E-state index < -0.39 is 11.2 Å². The first-order valence-electron chi connectivity index (χ1n) is 5.51. The van der Waals surface area contributed by atoms with Crippen molar-refractivity contribution in [3.8, 4) is 0 Å². The molecule has 0 atom stereocenters. The number of anilines is 1. The third-order valence-electron chi connectivity index (χ3n) is 2.87. The molecule has 1 aliphatic carbocycles. The molecule has 0 spiro atoms. The van der Waals surface area contributed by atoms with Gasteiger partial charge in [0.25, 0.3) is 5.09 Å². The molecule has 1 fully saturated rings. The summed E-state index contributed by atoms with van der Waals surface area (Å²) in [5.41, 5.74) is 0. The summed E-state index contributed by atoms with van der Waals surface area (Å²) in [6, 6.07) is 0. The van der Waals surface area contributed by atoms with Gasteiger partial charge in [0.15, 0.2) is 0 Å². The fourth-order valence-electron chi connectivity index (χ4n) is 1.98. The van der Waals surface area contributed by atoms with Crippen molar-refractivity contribution in [2.45, 2.75) is 31.8 Å². The standard InChI is InChI=1S/C8H12N6O4/c15-7(9-8-10-12-13-11-8)5-1-3-6(4-2-5)18-14(16)17/h5-6H,1-4H2,(H2,9,10,11,12,13,15). The molecule has 1 aromatic rings. The van der Waals surface area contributed by atoms with E-state index in [0.29, 0.717) is 25.7 Å². The van der Waals surface area contributed by atoms with E-state index >= 15 is 0 Å². The number of hydrogen-bond acceptors (Lipinski definition) is 7. The Morgan fingerprint density at radius 3 is 2.72 bits per heavy atom. The van der Waals surface area contributed by atoms with E-state index in [1.165, 1.54) is 0 Å². The number of rotatable bonds is 4. The van der Waals surface area contributed by atoms with E-state index in [9.17, 15) is 14.9 Å². The van der Waals surface area contributed by atoms with Crippen LogP contribution in [0.4, 0.5) is 5.95 Å². The average Bonchev–Trinajstić information content (AvgIpc) is 2.82. The lowest BCUT2D eigenvalue weighted by atomic mass is 9.87. The van der Waals surface area contributed by atoms with Crippen LogP contribution in [-0.4, -0.2) is 37.7 Å². The zero-order valence-electron chi connectivity index (χ0n) is 9.40. The highest BCUT2D eigenvalue weighted by Crippen LogP contribution is 2.26. The highest BCUT2D eigenvalue weighted by Gasteiger charge is 2.28. The molecular weight excluding hydrogens is 244 g/mol. The van der Waals surface area contributed by atoms with E-state index in [0.717, 1.165) is 0 Å². The van der Waals surface area contributed by atoms with Gasteiger partial charge >= 0.3 is 0 Å². The quantitative estimate of drug-likeness (QED) is 0.567. The number of H-pyrrole nitrogens is 1. The van der Waals surface area contributed by atoms with E-state index in [1.54, 1.807) is 0 Å². The van der Waals surface area contributed by atoms with Gasteiger partial charge in [-0.2, -0.15) is 0 Å². The number of aromatic nitrogens is 4. The van der Waals surface area contributed by atoms with Crippen LogP contribution in [0.2, 0.25) is 0 Å². The van der Waals surface area contributed by atoms with Gasteiger partial charge in [0.1, 0.15) is 6.10 Å². The molecule has 0 aliphatic heterocycles. The summed E-state index contributed by atoms with van der Waals surface area (Å²) in [6.07, 6.45) is 1.68. The van der Waals surface area contributed by atoms with Crippen LogP contribution < -0.4 is 5.32 Å². The van der Waals surface area contributed by atoms with E-state index in [1.807, 2.05) is 0 Å². The molecule has 2 rings (SSSR count). The third kappa shape index (κ3) is 3.12. The number of aromatic amines is 1. The van der Waals surface area contributed by atoms with Gasteiger partial charge in [-0.05, 0) is 36.1 Å². The van der Waals surface area contributed by atoms with Crippen LogP contribution in [0.5, 0.6) is 0 Å². The maximum absolute atomic E-state index is 11.8. The predicted octanol–water partition coefficient (Wildman–Crippen LogP) is -0.0947. The normalized spacial score (nSPS) is 23.3. The molecule has 0 unspecified atom stereocenters. The van der Waals surface area contributed by atoms with Gasteiger partial charge in [-0.1, -0.05) is 5.10 Å². The second-order valence-corrected chi connectivity index (χ2v) is 4.04. The largest absolute Gasteiger partial charge is 0.311 e. The average molecular weight is 256 g/mol. The first kappa shape index (κ1) is 12.2. The minimum absolute atomic E-state index is 0.187. The van der Waals surface area contributed by atoms with Crippen LogP contribution >= 0.6 is 0 Å². The second kappa shape index (κ2) is 5.38. The molecule has 0 saturated heterocycles. The van der Waals surface area contributed by atoms with E-state index in [-0.39, 0.29) is 17.8 Å². The molecule has 0 bridgehead atoms. The first-order valence-corrected chi connectivity index (χ1v) is 5.51. The summed E-state index contributed by atoms with van der Waals surface area (Å²) in [4.78, 5) is 26.4. The molecule has 0 aromatic carbocycles. The molecule has 1 heterocycles. The van der Waals surface area contributed by atoms with Gasteiger partial charge in [-0.25, -0.2) is 5.10 Å². The molecule has 1 aliphatic rings. The number of carbonyl (C=O) groups excluding carboxylic acids is 1. The van der Waals surface area contributed by atoms with Gasteiger partial charge in [0, 0.05) is 5.92 Å². The predicted molar refractivity (Wildman–Crippen MR) is 56.6 cm³/mol. The molecule has 98 valence electrons. The maximum atomic E-state index is 11.8. The Bertz CT molecular complexity index is 413. The molecule has 10 heteroatoms. The molecule has 1 aromatic heterocycles. The Morgan fingerprint density at radius 2 is 2.17 bits per heavy atom. The Hall–Kier alpha value is -2.26. The number of nitrogens with one attached hydrogen (secondary N) is 2. The number of amides is 1. The van der Waals surface area contributed by atoms with Gasteiger partial charge in [-0.15, -0.1) is 10.1 Å². The Kier molecular flexibility index (Phi) is 3.65. The van der Waals surface area contributed by atoms with Crippen molar-refractivity contribution in [2.24, 2.45) is 5.92 Å². The molecule has 18 heavy (non-hydrogen) atoms. The van der Waals surface area contributed by atoms with Crippen molar-refractivity contribution in [2.75, 3.05) is 5.32 Å². The topological polar surface area (TPSA) is 136 Å². The monoisotopic (exact) mass is 256 g/mol. The summed E-state index contributed by atoms with van der Waals surface area (Å²) in [5.74, 6) is -0.182. The van der Waals surface area contributed by atoms with Crippen LogP contribution in [0.15, 0.2) is 0 Å². The fraction of sp³-hybridized carbons (Fsp3) is 0.750. The van der Waals surface area contributed by atoms with E-state index in [4.69, 9.17) is 0 Å². The third-order valence-corrected chi connectivity index (χ3v) is 2.87. The molecular formula is C8H12N6O4. The van der Waals surface area contributed by atoms with Crippen LogP contribution in [0.3, 0.4) is 0 Å². The number of tetrazole rings is 1. The minimum Gasteiger partial charge on any atom is -0.311 e. The van der Waals surface area contributed by atoms with Crippen molar-refractivity contribution in [3.63, 3.8) is 0 Å². The van der Waals surface area contributed by atoms with Crippen molar-refractivity contribution in [1.82, 2.24) is 20.6 Å². The van der Waals surface area contributed by atoms with Gasteiger partial charge in [0.2, 0.25) is 11.9 Å². The Morgan fingerprint density at radius 1 is 1.44 bits per heavy atom. The zero-order valence-corrected chi connectivity index (χ0v) is 9.40. The van der Waals surface area contributed by atoms with Crippen molar-refractivity contribution in [1.29, 1.82) is 0 Å². The summed E-state index contributed by atoms with van der Waals surface area (Å²) >= 11 is 0. The molecule has 0 radical (unpaired) electrons. The summed E-state index contributed by atoms with van der Waals surface area (Å²) in [7, 11) is 0. The summed E-state index contributed by atoms with van der Waals surface area (Å²) in [5, 5.41) is 24.6. The van der Waals surface area contributed by atoms with Crippen molar-refractivity contribution >= 4 is 11.9 Å². The maximum Gasteiger partial charge on any atom is 0.294 e. The van der Waals surface area contributed by atoms with Gasteiger partial charge in [0.05, 0.1) is 0 Å². The fourth-order valence-corrected chi connectivity index (χ4v) is 1.98. The SMILES string of the molecule is O=C(Nc1nnn[nH]1)C1CCC(O[N+](=O)[O-])CC1. The van der Waals surface area contributed by atoms with Crippen LogP contribution in [0, 0.1) is 16.0 Å². The number of carbonyl (C=O) groups is 1. The van der Waals surface area contributed by atoms with Crippen LogP contribution in [0.1, 0.15) is 25.7 Å².